The SMILES string of the molecule is CN1C2CCC1CC(N1CCN(c3nccc(CO)n3)CC1)C2. The van der Waals surface area contributed by atoms with Crippen LogP contribution in [-0.4, -0.2) is 76.2 Å². The maximum atomic E-state index is 9.23. The first-order valence-corrected chi connectivity index (χ1v) is 8.88. The van der Waals surface area contributed by atoms with Crippen molar-refractivity contribution < 1.29 is 5.11 Å². The van der Waals surface area contributed by atoms with Gasteiger partial charge in [-0.15, -0.1) is 0 Å². The van der Waals surface area contributed by atoms with E-state index in [2.05, 4.69) is 31.7 Å². The number of nitrogens with zero attached hydrogens (tertiary/aromatic N) is 5. The second-order valence-corrected chi connectivity index (χ2v) is 7.20. The molecule has 3 aliphatic heterocycles. The number of aromatic nitrogens is 2. The fourth-order valence-corrected chi connectivity index (χ4v) is 4.59. The zero-order valence-electron chi connectivity index (χ0n) is 13.9. The average molecular weight is 317 g/mol. The molecule has 3 saturated heterocycles. The predicted molar refractivity (Wildman–Crippen MR) is 89.3 cm³/mol. The Labute approximate surface area is 138 Å². The first-order chi connectivity index (χ1) is 11.2. The van der Waals surface area contributed by atoms with E-state index in [1.54, 1.807) is 12.3 Å². The molecule has 0 aliphatic carbocycles. The van der Waals surface area contributed by atoms with E-state index in [0.29, 0.717) is 5.69 Å². The molecular weight excluding hydrogens is 290 g/mol. The Balaban J connectivity index is 1.36. The van der Waals surface area contributed by atoms with Gasteiger partial charge in [-0.1, -0.05) is 0 Å². The lowest BCUT2D eigenvalue weighted by molar-refractivity contribution is 0.0717. The van der Waals surface area contributed by atoms with Crippen molar-refractivity contribution in [3.63, 3.8) is 0 Å². The van der Waals surface area contributed by atoms with Crippen LogP contribution in [0.2, 0.25) is 0 Å². The smallest absolute Gasteiger partial charge is 0.225 e. The molecule has 2 unspecified atom stereocenters. The molecule has 1 aromatic heterocycles. The van der Waals surface area contributed by atoms with Crippen LogP contribution in [0.15, 0.2) is 12.3 Å². The van der Waals surface area contributed by atoms with E-state index in [4.69, 9.17) is 0 Å². The Morgan fingerprint density at radius 1 is 1.09 bits per heavy atom. The summed E-state index contributed by atoms with van der Waals surface area (Å²) >= 11 is 0. The van der Waals surface area contributed by atoms with Crippen molar-refractivity contribution in [2.45, 2.75) is 50.4 Å². The highest BCUT2D eigenvalue weighted by molar-refractivity contribution is 5.31. The van der Waals surface area contributed by atoms with Crippen LogP contribution >= 0.6 is 0 Å². The Hall–Kier alpha value is -1.24. The van der Waals surface area contributed by atoms with Crippen molar-refractivity contribution in [1.82, 2.24) is 19.8 Å². The Bertz CT molecular complexity index is 532. The molecule has 0 amide bonds. The number of piperazine rings is 1. The van der Waals surface area contributed by atoms with Gasteiger partial charge in [0.25, 0.3) is 0 Å². The number of aliphatic hydroxyl groups excluding tert-OH is 1. The van der Waals surface area contributed by atoms with Gasteiger partial charge < -0.3 is 14.9 Å². The molecule has 0 radical (unpaired) electrons. The van der Waals surface area contributed by atoms with Crippen LogP contribution in [0.3, 0.4) is 0 Å². The Morgan fingerprint density at radius 3 is 2.43 bits per heavy atom. The molecule has 0 spiro atoms. The summed E-state index contributed by atoms with van der Waals surface area (Å²) in [5.74, 6) is 0.764. The molecule has 0 saturated carbocycles. The van der Waals surface area contributed by atoms with Gasteiger partial charge in [0.2, 0.25) is 5.95 Å². The van der Waals surface area contributed by atoms with Gasteiger partial charge in [-0.25, -0.2) is 9.97 Å². The number of anilines is 1. The quantitative estimate of drug-likeness (QED) is 0.886. The number of aliphatic hydroxyl groups is 1. The van der Waals surface area contributed by atoms with Gasteiger partial charge in [-0.2, -0.15) is 0 Å². The second kappa shape index (κ2) is 6.34. The van der Waals surface area contributed by atoms with Crippen molar-refractivity contribution >= 4 is 5.95 Å². The third kappa shape index (κ3) is 2.95. The summed E-state index contributed by atoms with van der Waals surface area (Å²) < 4.78 is 0. The minimum atomic E-state index is -0.0200. The van der Waals surface area contributed by atoms with E-state index in [9.17, 15) is 5.11 Å². The van der Waals surface area contributed by atoms with Crippen LogP contribution in [0, 0.1) is 0 Å². The number of rotatable bonds is 3. The van der Waals surface area contributed by atoms with Crippen LogP contribution in [0.4, 0.5) is 5.95 Å². The molecule has 1 aromatic rings. The number of hydrogen-bond donors (Lipinski definition) is 1. The van der Waals surface area contributed by atoms with E-state index in [0.717, 1.165) is 50.3 Å². The lowest BCUT2D eigenvalue weighted by atomic mass is 9.96. The molecule has 6 nitrogen and oxygen atoms in total. The van der Waals surface area contributed by atoms with Gasteiger partial charge in [0.05, 0.1) is 12.3 Å². The van der Waals surface area contributed by atoms with Crippen LogP contribution in [0.1, 0.15) is 31.4 Å². The maximum absolute atomic E-state index is 9.23. The molecule has 4 rings (SSSR count). The highest BCUT2D eigenvalue weighted by atomic mass is 16.3. The molecule has 3 fully saturated rings. The molecule has 6 heteroatoms. The largest absolute Gasteiger partial charge is 0.390 e. The molecule has 2 bridgehead atoms. The second-order valence-electron chi connectivity index (χ2n) is 7.20. The standard InChI is InChI=1S/C17H27N5O/c1-20-14-2-3-15(20)11-16(10-14)21-6-8-22(9-7-21)17-18-5-4-13(12-23)19-17/h4-5,14-16,23H,2-3,6-12H2,1H3. The van der Waals surface area contributed by atoms with Crippen LogP contribution in [-0.2, 0) is 6.61 Å². The Morgan fingerprint density at radius 2 is 1.78 bits per heavy atom. The molecular formula is C17H27N5O. The monoisotopic (exact) mass is 317 g/mol. The summed E-state index contributed by atoms with van der Waals surface area (Å²) in [6.07, 6.45) is 7.20. The molecule has 2 atom stereocenters. The highest BCUT2D eigenvalue weighted by Crippen LogP contribution is 2.36. The normalized spacial score (nSPS) is 32.4. The van der Waals surface area contributed by atoms with E-state index in [1.165, 1.54) is 25.7 Å². The highest BCUT2D eigenvalue weighted by Gasteiger charge is 2.40. The molecule has 4 heterocycles. The van der Waals surface area contributed by atoms with Crippen LogP contribution < -0.4 is 4.90 Å². The zero-order valence-corrected chi connectivity index (χ0v) is 13.9. The zero-order chi connectivity index (χ0) is 15.8. The van der Waals surface area contributed by atoms with Crippen molar-refractivity contribution in [2.24, 2.45) is 0 Å². The van der Waals surface area contributed by atoms with Gasteiger partial charge in [-0.3, -0.25) is 4.90 Å². The summed E-state index contributed by atoms with van der Waals surface area (Å²) in [6.45, 7) is 4.14. The minimum Gasteiger partial charge on any atom is -0.390 e. The molecule has 0 aromatic carbocycles. The molecule has 1 N–H and O–H groups in total. The molecule has 126 valence electrons. The fourth-order valence-electron chi connectivity index (χ4n) is 4.59. The third-order valence-corrected chi connectivity index (χ3v) is 6.05. The van der Waals surface area contributed by atoms with Crippen LogP contribution in [0.25, 0.3) is 0 Å². The topological polar surface area (TPSA) is 55.7 Å². The van der Waals surface area contributed by atoms with E-state index in [-0.39, 0.29) is 6.61 Å². The summed E-state index contributed by atoms with van der Waals surface area (Å²) in [5.41, 5.74) is 0.698. The predicted octanol–water partition coefficient (Wildman–Crippen LogP) is 0.716. The average Bonchev–Trinajstić information content (AvgIpc) is 2.83. The summed E-state index contributed by atoms with van der Waals surface area (Å²) in [6, 6.07) is 4.15. The number of piperidine rings is 1. The summed E-state index contributed by atoms with van der Waals surface area (Å²) in [5, 5.41) is 9.23. The van der Waals surface area contributed by atoms with Crippen molar-refractivity contribution in [3.05, 3.63) is 18.0 Å². The van der Waals surface area contributed by atoms with Crippen molar-refractivity contribution in [2.75, 3.05) is 38.1 Å². The summed E-state index contributed by atoms with van der Waals surface area (Å²) in [4.78, 5) is 16.4. The van der Waals surface area contributed by atoms with Gasteiger partial charge in [0.15, 0.2) is 0 Å². The lowest BCUT2D eigenvalue weighted by Gasteiger charge is -2.45. The number of hydrogen-bond acceptors (Lipinski definition) is 6. The summed E-state index contributed by atoms with van der Waals surface area (Å²) in [7, 11) is 2.31. The first-order valence-electron chi connectivity index (χ1n) is 8.88. The van der Waals surface area contributed by atoms with Crippen molar-refractivity contribution in [1.29, 1.82) is 0 Å². The van der Waals surface area contributed by atoms with Gasteiger partial charge in [0.1, 0.15) is 0 Å². The number of fused-ring (bicyclic) bond motifs is 2. The molecule has 3 aliphatic rings. The van der Waals surface area contributed by atoms with Crippen molar-refractivity contribution in [3.8, 4) is 0 Å². The van der Waals surface area contributed by atoms with Gasteiger partial charge >= 0.3 is 0 Å². The van der Waals surface area contributed by atoms with Gasteiger partial charge in [-0.05, 0) is 38.8 Å². The van der Waals surface area contributed by atoms with Gasteiger partial charge in [0, 0.05) is 50.5 Å². The maximum Gasteiger partial charge on any atom is 0.225 e. The van der Waals surface area contributed by atoms with Crippen LogP contribution in [0.5, 0.6) is 0 Å². The third-order valence-electron chi connectivity index (χ3n) is 6.05. The molecule has 23 heavy (non-hydrogen) atoms. The fraction of sp³-hybridized carbons (Fsp3) is 0.765. The Kier molecular flexibility index (Phi) is 4.22. The van der Waals surface area contributed by atoms with E-state index < -0.39 is 0 Å². The minimum absolute atomic E-state index is 0.0200. The first kappa shape index (κ1) is 15.3. The van der Waals surface area contributed by atoms with E-state index in [1.807, 2.05) is 0 Å². The lowest BCUT2D eigenvalue weighted by Crippen LogP contribution is -2.55. The van der Waals surface area contributed by atoms with E-state index >= 15 is 0 Å².